The molecule has 0 saturated carbocycles. The molecule has 1 heterocycles. The molecule has 8 nitrogen and oxygen atoms in total. The lowest BCUT2D eigenvalue weighted by atomic mass is 10.1. The molecule has 8 heteroatoms. The minimum absolute atomic E-state index is 0.183. The van der Waals surface area contributed by atoms with Gasteiger partial charge in [0.05, 0.1) is 12.2 Å². The number of benzene rings is 3. The van der Waals surface area contributed by atoms with Crippen molar-refractivity contribution in [1.82, 2.24) is 10.3 Å². The van der Waals surface area contributed by atoms with Gasteiger partial charge in [-0.3, -0.25) is 9.59 Å². The van der Waals surface area contributed by atoms with Gasteiger partial charge in [-0.05, 0) is 72.6 Å². The Labute approximate surface area is 215 Å². The molecule has 3 N–H and O–H groups in total. The van der Waals surface area contributed by atoms with Crippen LogP contribution >= 0.6 is 0 Å². The van der Waals surface area contributed by atoms with Gasteiger partial charge >= 0.3 is 0 Å². The average Bonchev–Trinajstić information content (AvgIpc) is 2.92. The lowest BCUT2D eigenvalue weighted by molar-refractivity contribution is 0.0949. The Morgan fingerprint density at radius 3 is 2.43 bits per heavy atom. The summed E-state index contributed by atoms with van der Waals surface area (Å²) in [5.74, 6) is 1.43. The summed E-state index contributed by atoms with van der Waals surface area (Å²) in [5.41, 5.74) is 7.82. The summed E-state index contributed by atoms with van der Waals surface area (Å²) in [5, 5.41) is 2.91. The van der Waals surface area contributed by atoms with Gasteiger partial charge in [0.15, 0.2) is 0 Å². The number of para-hydroxylation sites is 1. The molecule has 188 valence electrons. The Kier molecular flexibility index (Phi) is 8.33. The molecule has 0 aliphatic carbocycles. The average molecular weight is 498 g/mol. The summed E-state index contributed by atoms with van der Waals surface area (Å²) in [6.07, 6.45) is 1.63. The Bertz CT molecular complexity index is 1370. The van der Waals surface area contributed by atoms with E-state index in [4.69, 9.17) is 19.9 Å². The van der Waals surface area contributed by atoms with Gasteiger partial charge in [-0.2, -0.15) is 0 Å². The summed E-state index contributed by atoms with van der Waals surface area (Å²) in [7, 11) is 0. The molecule has 0 saturated heterocycles. The maximum Gasteiger partial charge on any atom is 0.252 e. The van der Waals surface area contributed by atoms with Crippen LogP contribution in [0.3, 0.4) is 0 Å². The van der Waals surface area contributed by atoms with Crippen LogP contribution in [0, 0.1) is 0 Å². The quantitative estimate of drug-likeness (QED) is 0.305. The molecule has 3 aromatic carbocycles. The van der Waals surface area contributed by atoms with Crippen LogP contribution < -0.4 is 25.3 Å². The fourth-order valence-corrected chi connectivity index (χ4v) is 3.55. The lowest BCUT2D eigenvalue weighted by Crippen LogP contribution is -2.23. The highest BCUT2D eigenvalue weighted by atomic mass is 16.5. The molecule has 0 spiro atoms. The van der Waals surface area contributed by atoms with Crippen LogP contribution in [0.15, 0.2) is 91.1 Å². The second-order valence-electron chi connectivity index (χ2n) is 8.04. The monoisotopic (exact) mass is 497 g/mol. The normalized spacial score (nSPS) is 10.4. The maximum atomic E-state index is 12.8. The summed E-state index contributed by atoms with van der Waals surface area (Å²) >= 11 is 0. The number of rotatable bonds is 11. The first kappa shape index (κ1) is 25.2. The number of nitrogens with two attached hydrogens (primary N) is 1. The number of aromatic nitrogens is 1. The van der Waals surface area contributed by atoms with Gasteiger partial charge in [0.2, 0.25) is 5.88 Å². The molecule has 0 unspecified atom stereocenters. The molecule has 0 radical (unpaired) electrons. The van der Waals surface area contributed by atoms with Crippen LogP contribution in [-0.4, -0.2) is 23.4 Å². The number of carbonyl (C=O) groups excluding carboxylic acids is 2. The van der Waals surface area contributed by atoms with Gasteiger partial charge in [-0.15, -0.1) is 0 Å². The number of primary amides is 1. The van der Waals surface area contributed by atoms with Crippen LogP contribution in [0.1, 0.15) is 38.8 Å². The molecule has 2 amide bonds. The van der Waals surface area contributed by atoms with Gasteiger partial charge in [0.25, 0.3) is 11.8 Å². The molecule has 37 heavy (non-hydrogen) atoms. The third kappa shape index (κ3) is 7.08. The van der Waals surface area contributed by atoms with Crippen LogP contribution in [0.5, 0.6) is 23.1 Å². The second-order valence-corrected chi connectivity index (χ2v) is 8.04. The van der Waals surface area contributed by atoms with Crippen molar-refractivity contribution in [3.05, 3.63) is 113 Å². The standard InChI is InChI=1S/C29H27N3O5/c1-2-35-23-10-12-24(13-11-23)37-27-17-20(14-15-31-27)18-32-29(34)22-7-5-6-21(16-22)19-36-26-9-4-3-8-25(26)28(30)33/h3-17H,2,18-19H2,1H3,(H2,30,33)(H,32,34). The number of pyridine rings is 1. The Balaban J connectivity index is 1.34. The topological polar surface area (TPSA) is 113 Å². The van der Waals surface area contributed by atoms with Crippen molar-refractivity contribution in [3.8, 4) is 23.1 Å². The van der Waals surface area contributed by atoms with Gasteiger partial charge in [0, 0.05) is 24.4 Å². The van der Waals surface area contributed by atoms with Crippen molar-refractivity contribution < 1.29 is 23.8 Å². The lowest BCUT2D eigenvalue weighted by Gasteiger charge is -2.11. The third-order valence-corrected chi connectivity index (χ3v) is 5.35. The van der Waals surface area contributed by atoms with E-state index in [2.05, 4.69) is 10.3 Å². The molecule has 0 fully saturated rings. The van der Waals surface area contributed by atoms with Crippen molar-refractivity contribution >= 4 is 11.8 Å². The fraction of sp³-hybridized carbons (Fsp3) is 0.138. The summed E-state index contributed by atoms with van der Waals surface area (Å²) in [4.78, 5) is 28.6. The Morgan fingerprint density at radius 2 is 1.65 bits per heavy atom. The first-order chi connectivity index (χ1) is 18.0. The van der Waals surface area contributed by atoms with Crippen LogP contribution in [0.4, 0.5) is 0 Å². The largest absolute Gasteiger partial charge is 0.494 e. The number of nitrogens with one attached hydrogen (secondary N) is 1. The third-order valence-electron chi connectivity index (χ3n) is 5.35. The van der Waals surface area contributed by atoms with Crippen LogP contribution in [0.2, 0.25) is 0 Å². The molecule has 0 aliphatic heterocycles. The van der Waals surface area contributed by atoms with Crippen molar-refractivity contribution in [1.29, 1.82) is 0 Å². The first-order valence-electron chi connectivity index (χ1n) is 11.8. The Hall–Kier alpha value is -4.85. The molecule has 0 bridgehead atoms. The zero-order valence-electron chi connectivity index (χ0n) is 20.3. The fourth-order valence-electron chi connectivity index (χ4n) is 3.55. The number of amides is 2. The SMILES string of the molecule is CCOc1ccc(Oc2cc(CNC(=O)c3cccc(COc4ccccc4C(N)=O)c3)ccn2)cc1. The minimum Gasteiger partial charge on any atom is -0.494 e. The number of carbonyl (C=O) groups is 2. The number of ether oxygens (including phenoxy) is 3. The molecule has 4 aromatic rings. The van der Waals surface area contributed by atoms with Crippen LogP contribution in [-0.2, 0) is 13.2 Å². The minimum atomic E-state index is -0.562. The number of nitrogens with zero attached hydrogens (tertiary/aromatic N) is 1. The van der Waals surface area contributed by atoms with Crippen molar-refractivity contribution in [3.63, 3.8) is 0 Å². The summed E-state index contributed by atoms with van der Waals surface area (Å²) < 4.78 is 17.0. The van der Waals surface area contributed by atoms with E-state index >= 15 is 0 Å². The van der Waals surface area contributed by atoms with Gasteiger partial charge in [0.1, 0.15) is 23.9 Å². The van der Waals surface area contributed by atoms with Crippen LogP contribution in [0.25, 0.3) is 0 Å². The van der Waals surface area contributed by atoms with Crippen molar-refractivity contribution in [2.45, 2.75) is 20.1 Å². The molecule has 0 atom stereocenters. The smallest absolute Gasteiger partial charge is 0.252 e. The van der Waals surface area contributed by atoms with E-state index in [0.717, 1.165) is 16.9 Å². The maximum absolute atomic E-state index is 12.8. The van der Waals surface area contributed by atoms with E-state index in [9.17, 15) is 9.59 Å². The van der Waals surface area contributed by atoms with E-state index in [-0.39, 0.29) is 12.5 Å². The zero-order chi connectivity index (χ0) is 26.0. The highest BCUT2D eigenvalue weighted by Crippen LogP contribution is 2.23. The molecular formula is C29H27N3O5. The number of hydrogen-bond acceptors (Lipinski definition) is 6. The van der Waals surface area contributed by atoms with E-state index in [1.54, 1.807) is 54.7 Å². The van der Waals surface area contributed by atoms with Crippen molar-refractivity contribution in [2.24, 2.45) is 5.73 Å². The van der Waals surface area contributed by atoms with Gasteiger partial charge < -0.3 is 25.3 Å². The highest BCUT2D eigenvalue weighted by Gasteiger charge is 2.10. The second kappa shape index (κ2) is 12.2. The van der Waals surface area contributed by atoms with Crippen molar-refractivity contribution in [2.75, 3.05) is 6.61 Å². The molecule has 4 rings (SSSR count). The van der Waals surface area contributed by atoms with Gasteiger partial charge in [-0.1, -0.05) is 24.3 Å². The predicted molar refractivity (Wildman–Crippen MR) is 139 cm³/mol. The molecular weight excluding hydrogens is 470 g/mol. The van der Waals surface area contributed by atoms with E-state index in [1.165, 1.54) is 0 Å². The molecule has 1 aromatic heterocycles. The highest BCUT2D eigenvalue weighted by molar-refractivity contribution is 5.95. The van der Waals surface area contributed by atoms with E-state index < -0.39 is 5.91 Å². The van der Waals surface area contributed by atoms with E-state index in [1.807, 2.05) is 43.3 Å². The first-order valence-corrected chi connectivity index (χ1v) is 11.8. The predicted octanol–water partition coefficient (Wildman–Crippen LogP) is 4.88. The number of hydrogen-bond donors (Lipinski definition) is 2. The Morgan fingerprint density at radius 1 is 0.865 bits per heavy atom. The summed E-state index contributed by atoms with van der Waals surface area (Å²) in [6, 6.07) is 24.7. The van der Waals surface area contributed by atoms with Gasteiger partial charge in [-0.25, -0.2) is 4.98 Å². The van der Waals surface area contributed by atoms with E-state index in [0.29, 0.717) is 41.7 Å². The zero-order valence-corrected chi connectivity index (χ0v) is 20.3. The molecule has 0 aliphatic rings. The summed E-state index contributed by atoms with van der Waals surface area (Å²) in [6.45, 7) is 3.01.